The molecule has 0 bridgehead atoms. The Morgan fingerprint density at radius 3 is 2.53 bits per heavy atom. The summed E-state index contributed by atoms with van der Waals surface area (Å²) in [6.07, 6.45) is 0.880. The van der Waals surface area contributed by atoms with Gasteiger partial charge in [-0.1, -0.05) is 0 Å². The molecule has 0 radical (unpaired) electrons. The minimum absolute atomic E-state index is 0.0258. The second kappa shape index (κ2) is 5.36. The first-order chi connectivity index (χ1) is 7.81. The normalized spacial score (nSPS) is 25.7. The summed E-state index contributed by atoms with van der Waals surface area (Å²) in [6.45, 7) is 10.3. The Labute approximate surface area is 105 Å². The van der Waals surface area contributed by atoms with Crippen LogP contribution in [0.2, 0.25) is 0 Å². The summed E-state index contributed by atoms with van der Waals surface area (Å²) >= 11 is 0. The van der Waals surface area contributed by atoms with Crippen molar-refractivity contribution in [1.82, 2.24) is 15.1 Å². The third-order valence-electron chi connectivity index (χ3n) is 3.53. The van der Waals surface area contributed by atoms with E-state index in [2.05, 4.69) is 45.0 Å². The topological polar surface area (TPSA) is 35.6 Å². The number of rotatable bonds is 4. The summed E-state index contributed by atoms with van der Waals surface area (Å²) in [5.74, 6) is 0.272. The lowest BCUT2D eigenvalue weighted by molar-refractivity contribution is -0.153. The molecule has 1 fully saturated rings. The number of nitrogens with one attached hydrogen (secondary N) is 1. The van der Waals surface area contributed by atoms with Gasteiger partial charge in [-0.3, -0.25) is 9.69 Å². The number of nitrogens with zero attached hydrogens (tertiary/aromatic N) is 2. The van der Waals surface area contributed by atoms with E-state index < -0.39 is 0 Å². The fourth-order valence-corrected chi connectivity index (χ4v) is 3.02. The molecule has 4 heteroatoms. The predicted octanol–water partition coefficient (Wildman–Crippen LogP) is 0.926. The maximum absolute atomic E-state index is 12.6. The van der Waals surface area contributed by atoms with Crippen LogP contribution in [0.3, 0.4) is 0 Å². The Morgan fingerprint density at radius 2 is 2.06 bits per heavy atom. The average molecular weight is 241 g/mol. The van der Waals surface area contributed by atoms with E-state index in [9.17, 15) is 4.79 Å². The largest absolute Gasteiger partial charge is 0.333 e. The molecule has 1 atom stereocenters. The first-order valence-corrected chi connectivity index (χ1v) is 6.49. The van der Waals surface area contributed by atoms with E-state index in [4.69, 9.17) is 0 Å². The Morgan fingerprint density at radius 1 is 1.47 bits per heavy atom. The second-order valence-electron chi connectivity index (χ2n) is 5.94. The molecule has 1 saturated heterocycles. The van der Waals surface area contributed by atoms with E-state index >= 15 is 0 Å². The van der Waals surface area contributed by atoms with Gasteiger partial charge in [0.2, 0.25) is 5.91 Å². The molecule has 0 aliphatic carbocycles. The average Bonchev–Trinajstić information content (AvgIpc) is 2.14. The molecule has 100 valence electrons. The van der Waals surface area contributed by atoms with E-state index in [1.165, 1.54) is 0 Å². The zero-order valence-corrected chi connectivity index (χ0v) is 12.1. The number of hydrogen-bond acceptors (Lipinski definition) is 3. The minimum Gasteiger partial charge on any atom is -0.333 e. The molecule has 0 aromatic carbocycles. The molecule has 1 aliphatic rings. The molecular weight excluding hydrogens is 214 g/mol. The molecule has 0 saturated carbocycles. The Bertz CT molecular complexity index is 276. The maximum Gasteiger partial charge on any atom is 0.240 e. The fraction of sp³-hybridized carbons (Fsp3) is 0.923. The van der Waals surface area contributed by atoms with Gasteiger partial charge in [-0.15, -0.1) is 0 Å². The second-order valence-corrected chi connectivity index (χ2v) is 5.94. The van der Waals surface area contributed by atoms with Gasteiger partial charge in [-0.05, 0) is 54.8 Å². The standard InChI is InChI=1S/C13H27N3O/c1-10(2)16-12(17)11(7-8-14-5)15(6)9-13(16,3)4/h10-11,14H,7-9H2,1-6H3. The molecule has 1 N–H and O–H groups in total. The van der Waals surface area contributed by atoms with Crippen molar-refractivity contribution in [2.45, 2.75) is 51.7 Å². The summed E-state index contributed by atoms with van der Waals surface area (Å²) in [5, 5.41) is 3.12. The molecule has 4 nitrogen and oxygen atoms in total. The van der Waals surface area contributed by atoms with Crippen LogP contribution in [0.4, 0.5) is 0 Å². The van der Waals surface area contributed by atoms with Gasteiger partial charge >= 0.3 is 0 Å². The number of piperazine rings is 1. The summed E-state index contributed by atoms with van der Waals surface area (Å²) in [4.78, 5) is 16.8. The van der Waals surface area contributed by atoms with Gasteiger partial charge in [0.05, 0.1) is 11.6 Å². The first-order valence-electron chi connectivity index (χ1n) is 6.49. The van der Waals surface area contributed by atoms with Gasteiger partial charge in [0.1, 0.15) is 0 Å². The Hall–Kier alpha value is -0.610. The van der Waals surface area contributed by atoms with Crippen molar-refractivity contribution in [1.29, 1.82) is 0 Å². The van der Waals surface area contributed by atoms with Gasteiger partial charge < -0.3 is 10.2 Å². The molecule has 0 aromatic heterocycles. The zero-order chi connectivity index (χ0) is 13.2. The summed E-state index contributed by atoms with van der Waals surface area (Å²) < 4.78 is 0. The monoisotopic (exact) mass is 241 g/mol. The van der Waals surface area contributed by atoms with E-state index in [1.807, 2.05) is 11.9 Å². The van der Waals surface area contributed by atoms with Crippen LogP contribution < -0.4 is 5.32 Å². The van der Waals surface area contributed by atoms with E-state index in [1.54, 1.807) is 0 Å². The molecule has 17 heavy (non-hydrogen) atoms. The van der Waals surface area contributed by atoms with Gasteiger partial charge in [-0.2, -0.15) is 0 Å². The third-order valence-corrected chi connectivity index (χ3v) is 3.53. The van der Waals surface area contributed by atoms with Gasteiger partial charge in [0, 0.05) is 12.6 Å². The SMILES string of the molecule is CNCCC1C(=O)N(C(C)C)C(C)(C)CN1C. The number of amides is 1. The predicted molar refractivity (Wildman–Crippen MR) is 71.0 cm³/mol. The van der Waals surface area contributed by atoms with E-state index in [0.29, 0.717) is 0 Å². The first kappa shape index (κ1) is 14.5. The lowest BCUT2D eigenvalue weighted by Gasteiger charge is -2.51. The molecule has 1 heterocycles. The molecular formula is C13H27N3O. The van der Waals surface area contributed by atoms with Crippen LogP contribution in [0.15, 0.2) is 0 Å². The van der Waals surface area contributed by atoms with Crippen LogP contribution in [0, 0.1) is 0 Å². The van der Waals surface area contributed by atoms with Crippen LogP contribution in [0.5, 0.6) is 0 Å². The van der Waals surface area contributed by atoms with Gasteiger partial charge in [-0.25, -0.2) is 0 Å². The minimum atomic E-state index is -0.0733. The van der Waals surface area contributed by atoms with Crippen LogP contribution in [0.25, 0.3) is 0 Å². The summed E-state index contributed by atoms with van der Waals surface area (Å²) in [7, 11) is 3.98. The van der Waals surface area contributed by atoms with Crippen LogP contribution in [-0.2, 0) is 4.79 Å². The van der Waals surface area contributed by atoms with Gasteiger partial charge in [0.15, 0.2) is 0 Å². The molecule has 0 spiro atoms. The number of likely N-dealkylation sites (N-methyl/N-ethyl adjacent to an activating group) is 1. The van der Waals surface area contributed by atoms with E-state index in [0.717, 1.165) is 19.5 Å². The lowest BCUT2D eigenvalue weighted by Crippen LogP contribution is -2.67. The lowest BCUT2D eigenvalue weighted by atomic mass is 9.92. The number of carbonyl (C=O) groups excluding carboxylic acids is 1. The highest BCUT2D eigenvalue weighted by atomic mass is 16.2. The van der Waals surface area contributed by atoms with Crippen molar-refractivity contribution < 1.29 is 4.79 Å². The highest BCUT2D eigenvalue weighted by Crippen LogP contribution is 2.27. The highest BCUT2D eigenvalue weighted by Gasteiger charge is 2.43. The van der Waals surface area contributed by atoms with Crippen molar-refractivity contribution >= 4 is 5.91 Å². The quantitative estimate of drug-likeness (QED) is 0.795. The van der Waals surface area contributed by atoms with Crippen molar-refractivity contribution in [3.05, 3.63) is 0 Å². The highest BCUT2D eigenvalue weighted by molar-refractivity contribution is 5.83. The zero-order valence-electron chi connectivity index (χ0n) is 12.1. The van der Waals surface area contributed by atoms with Crippen LogP contribution >= 0.6 is 0 Å². The smallest absolute Gasteiger partial charge is 0.240 e. The Kier molecular flexibility index (Phi) is 4.55. The van der Waals surface area contributed by atoms with E-state index in [-0.39, 0.29) is 23.5 Å². The molecule has 1 aliphatic heterocycles. The van der Waals surface area contributed by atoms with Crippen molar-refractivity contribution in [3.63, 3.8) is 0 Å². The summed E-state index contributed by atoms with van der Waals surface area (Å²) in [5.41, 5.74) is -0.0733. The summed E-state index contributed by atoms with van der Waals surface area (Å²) in [6, 6.07) is 0.293. The van der Waals surface area contributed by atoms with Crippen molar-refractivity contribution in [3.8, 4) is 0 Å². The number of carbonyl (C=O) groups is 1. The Balaban J connectivity index is 2.87. The van der Waals surface area contributed by atoms with Gasteiger partial charge in [0.25, 0.3) is 0 Å². The molecule has 1 amide bonds. The van der Waals surface area contributed by atoms with Crippen molar-refractivity contribution in [2.75, 3.05) is 27.2 Å². The van der Waals surface area contributed by atoms with Crippen molar-refractivity contribution in [2.24, 2.45) is 0 Å². The molecule has 0 aromatic rings. The maximum atomic E-state index is 12.6. The van der Waals surface area contributed by atoms with Crippen LogP contribution in [-0.4, -0.2) is 60.5 Å². The molecule has 1 rings (SSSR count). The van der Waals surface area contributed by atoms with Crippen LogP contribution in [0.1, 0.15) is 34.1 Å². The third kappa shape index (κ3) is 2.99. The fourth-order valence-electron chi connectivity index (χ4n) is 3.02. The molecule has 1 unspecified atom stereocenters. The number of hydrogen-bond donors (Lipinski definition) is 1.